The van der Waals surface area contributed by atoms with Gasteiger partial charge in [-0.15, -0.1) is 0 Å². The van der Waals surface area contributed by atoms with Crippen LogP contribution in [-0.2, 0) is 6.42 Å². The molecule has 0 spiro atoms. The van der Waals surface area contributed by atoms with E-state index in [1.807, 2.05) is 13.3 Å². The molecule has 1 fully saturated rings. The molecule has 4 nitrogen and oxygen atoms in total. The zero-order chi connectivity index (χ0) is 16.4. The highest BCUT2D eigenvalue weighted by Crippen LogP contribution is 2.25. The lowest BCUT2D eigenvalue weighted by Gasteiger charge is -2.39. The molecule has 0 unspecified atom stereocenters. The summed E-state index contributed by atoms with van der Waals surface area (Å²) in [6.07, 6.45) is 9.80. The number of allylic oxidation sites excluding steroid dienone is 3. The van der Waals surface area contributed by atoms with Crippen molar-refractivity contribution >= 4 is 11.9 Å². The maximum atomic E-state index is 4.56. The minimum Gasteiger partial charge on any atom is -0.371 e. The number of hydrogen-bond donors (Lipinski definition) is 0. The minimum atomic E-state index is 1.01. The third kappa shape index (κ3) is 2.88. The van der Waals surface area contributed by atoms with Crippen LogP contribution >= 0.6 is 0 Å². The van der Waals surface area contributed by atoms with Gasteiger partial charge in [0.2, 0.25) is 0 Å². The third-order valence-corrected chi connectivity index (χ3v) is 5.07. The molecule has 2 aliphatic heterocycles. The SMILES string of the molecule is CN=C1C=C(N2CCN(C3=CCCC=N3)CC2)Cc2ccccc21. The Morgan fingerprint density at radius 3 is 2.54 bits per heavy atom. The summed E-state index contributed by atoms with van der Waals surface area (Å²) in [5, 5.41) is 0. The summed E-state index contributed by atoms with van der Waals surface area (Å²) in [4.78, 5) is 14.0. The van der Waals surface area contributed by atoms with Crippen LogP contribution < -0.4 is 0 Å². The Labute approximate surface area is 143 Å². The standard InChI is InChI=1S/C20H24N4/c1-21-19-15-17(14-16-6-2-3-7-18(16)19)23-10-12-24(13-11-23)20-8-4-5-9-22-20/h2-3,6-9,15H,4-5,10-14H2,1H3. The van der Waals surface area contributed by atoms with Gasteiger partial charge in [0, 0.05) is 57.1 Å². The fourth-order valence-electron chi connectivity index (χ4n) is 3.73. The second kappa shape index (κ2) is 6.63. The Morgan fingerprint density at radius 1 is 1.00 bits per heavy atom. The van der Waals surface area contributed by atoms with Gasteiger partial charge in [0.05, 0.1) is 5.71 Å². The molecular weight excluding hydrogens is 296 g/mol. The maximum absolute atomic E-state index is 4.56. The molecule has 1 aromatic rings. The van der Waals surface area contributed by atoms with Gasteiger partial charge in [0.25, 0.3) is 0 Å². The van der Waals surface area contributed by atoms with Crippen LogP contribution in [0.3, 0.4) is 0 Å². The van der Waals surface area contributed by atoms with Crippen LogP contribution in [-0.4, -0.2) is 55.0 Å². The van der Waals surface area contributed by atoms with Crippen molar-refractivity contribution in [3.05, 3.63) is 59.1 Å². The summed E-state index contributed by atoms with van der Waals surface area (Å²) in [6.45, 7) is 4.19. The second-order valence-electron chi connectivity index (χ2n) is 6.50. The molecule has 3 aliphatic rings. The molecule has 0 N–H and O–H groups in total. The van der Waals surface area contributed by atoms with Crippen LogP contribution in [0, 0.1) is 0 Å². The Balaban J connectivity index is 1.47. The molecule has 0 aromatic heterocycles. The monoisotopic (exact) mass is 320 g/mol. The molecule has 0 atom stereocenters. The predicted molar refractivity (Wildman–Crippen MR) is 99.6 cm³/mol. The lowest BCUT2D eigenvalue weighted by Crippen LogP contribution is -2.46. The van der Waals surface area contributed by atoms with Gasteiger partial charge in [-0.1, -0.05) is 24.3 Å². The molecule has 1 aliphatic carbocycles. The van der Waals surface area contributed by atoms with Gasteiger partial charge in [0.1, 0.15) is 5.82 Å². The Bertz CT molecular complexity index is 734. The van der Waals surface area contributed by atoms with Gasteiger partial charge in [-0.2, -0.15) is 0 Å². The highest BCUT2D eigenvalue weighted by atomic mass is 15.3. The van der Waals surface area contributed by atoms with E-state index in [0.29, 0.717) is 0 Å². The largest absolute Gasteiger partial charge is 0.371 e. The van der Waals surface area contributed by atoms with Crippen LogP contribution in [0.4, 0.5) is 0 Å². The molecule has 24 heavy (non-hydrogen) atoms. The maximum Gasteiger partial charge on any atom is 0.124 e. The van der Waals surface area contributed by atoms with Gasteiger partial charge in [0.15, 0.2) is 0 Å². The molecule has 0 saturated carbocycles. The molecule has 0 bridgehead atoms. The van der Waals surface area contributed by atoms with Gasteiger partial charge < -0.3 is 9.80 Å². The molecule has 1 aromatic carbocycles. The average molecular weight is 320 g/mol. The summed E-state index contributed by atoms with van der Waals surface area (Å²) in [5.74, 6) is 1.17. The molecule has 4 rings (SSSR count). The molecule has 0 amide bonds. The van der Waals surface area contributed by atoms with Crippen LogP contribution in [0.2, 0.25) is 0 Å². The van der Waals surface area contributed by atoms with Crippen LogP contribution in [0.25, 0.3) is 0 Å². The Kier molecular flexibility index (Phi) is 4.20. The number of piperazine rings is 1. The van der Waals surface area contributed by atoms with Gasteiger partial charge in [-0.05, 0) is 30.6 Å². The van der Waals surface area contributed by atoms with Crippen molar-refractivity contribution in [1.82, 2.24) is 9.80 Å². The van der Waals surface area contributed by atoms with Crippen molar-refractivity contribution in [3.63, 3.8) is 0 Å². The topological polar surface area (TPSA) is 31.2 Å². The van der Waals surface area contributed by atoms with E-state index in [1.54, 1.807) is 0 Å². The minimum absolute atomic E-state index is 1.01. The number of hydrogen-bond acceptors (Lipinski definition) is 4. The van der Waals surface area contributed by atoms with E-state index >= 15 is 0 Å². The molecule has 2 heterocycles. The molecule has 4 heteroatoms. The van der Waals surface area contributed by atoms with Crippen molar-refractivity contribution in [2.24, 2.45) is 9.98 Å². The van der Waals surface area contributed by atoms with E-state index < -0.39 is 0 Å². The molecular formula is C20H24N4. The van der Waals surface area contributed by atoms with Crippen LogP contribution in [0.15, 0.2) is 57.9 Å². The first kappa shape index (κ1) is 15.2. The summed E-state index contributed by atoms with van der Waals surface area (Å²) in [5.41, 5.74) is 5.17. The summed E-state index contributed by atoms with van der Waals surface area (Å²) < 4.78 is 0. The number of benzene rings is 1. The lowest BCUT2D eigenvalue weighted by molar-refractivity contribution is 0.187. The normalized spacial score (nSPS) is 22.3. The molecule has 124 valence electrons. The van der Waals surface area contributed by atoms with E-state index in [4.69, 9.17) is 0 Å². The van der Waals surface area contributed by atoms with Crippen molar-refractivity contribution in [2.75, 3.05) is 33.2 Å². The van der Waals surface area contributed by atoms with Crippen LogP contribution in [0.5, 0.6) is 0 Å². The van der Waals surface area contributed by atoms with Crippen molar-refractivity contribution < 1.29 is 0 Å². The molecule has 1 saturated heterocycles. The number of fused-ring (bicyclic) bond motifs is 1. The number of rotatable bonds is 2. The highest BCUT2D eigenvalue weighted by molar-refractivity contribution is 6.11. The highest BCUT2D eigenvalue weighted by Gasteiger charge is 2.24. The lowest BCUT2D eigenvalue weighted by atomic mass is 9.92. The average Bonchev–Trinajstić information content (AvgIpc) is 2.68. The van der Waals surface area contributed by atoms with Crippen molar-refractivity contribution in [3.8, 4) is 0 Å². The second-order valence-corrected chi connectivity index (χ2v) is 6.50. The van der Waals surface area contributed by atoms with Gasteiger partial charge in [-0.25, -0.2) is 4.99 Å². The smallest absolute Gasteiger partial charge is 0.124 e. The zero-order valence-electron chi connectivity index (χ0n) is 14.3. The van der Waals surface area contributed by atoms with Gasteiger partial charge >= 0.3 is 0 Å². The van der Waals surface area contributed by atoms with E-state index in [1.165, 1.54) is 22.6 Å². The molecule has 0 radical (unpaired) electrons. The number of nitrogens with zero attached hydrogens (tertiary/aromatic N) is 4. The Morgan fingerprint density at radius 2 is 1.79 bits per heavy atom. The zero-order valence-corrected chi connectivity index (χ0v) is 14.3. The van der Waals surface area contributed by atoms with Crippen molar-refractivity contribution in [1.29, 1.82) is 0 Å². The summed E-state index contributed by atoms with van der Waals surface area (Å²) in [6, 6.07) is 8.63. The first-order chi connectivity index (χ1) is 11.8. The Hall–Kier alpha value is -2.36. The fourth-order valence-corrected chi connectivity index (χ4v) is 3.73. The first-order valence-corrected chi connectivity index (χ1v) is 8.83. The quantitative estimate of drug-likeness (QED) is 0.839. The number of aliphatic imine (C=N–C) groups is 2. The summed E-state index contributed by atoms with van der Waals surface area (Å²) >= 11 is 0. The van der Waals surface area contributed by atoms with E-state index in [9.17, 15) is 0 Å². The van der Waals surface area contributed by atoms with E-state index in [-0.39, 0.29) is 0 Å². The summed E-state index contributed by atoms with van der Waals surface area (Å²) in [7, 11) is 1.89. The van der Waals surface area contributed by atoms with Gasteiger partial charge in [-0.3, -0.25) is 4.99 Å². The first-order valence-electron chi connectivity index (χ1n) is 8.83. The third-order valence-electron chi connectivity index (χ3n) is 5.07. The van der Waals surface area contributed by atoms with E-state index in [2.05, 4.69) is 56.2 Å². The van der Waals surface area contributed by atoms with E-state index in [0.717, 1.165) is 51.2 Å². The van der Waals surface area contributed by atoms with Crippen LogP contribution in [0.1, 0.15) is 24.0 Å². The predicted octanol–water partition coefficient (Wildman–Crippen LogP) is 2.87. The fraction of sp³-hybridized carbons (Fsp3) is 0.400. The van der Waals surface area contributed by atoms with Crippen molar-refractivity contribution in [2.45, 2.75) is 19.3 Å².